The number of amides is 1. The van der Waals surface area contributed by atoms with E-state index in [2.05, 4.69) is 26.9 Å². The Balaban J connectivity index is 1.96. The minimum atomic E-state index is -0.128. The van der Waals surface area contributed by atoms with E-state index in [1.165, 1.54) is 19.0 Å². The molecule has 1 aliphatic rings. The molecule has 0 aromatic carbocycles. The highest BCUT2D eigenvalue weighted by Crippen LogP contribution is 2.26. The van der Waals surface area contributed by atoms with Gasteiger partial charge in [0.25, 0.3) is 5.91 Å². The third-order valence-electron chi connectivity index (χ3n) is 3.42. The van der Waals surface area contributed by atoms with Crippen LogP contribution in [0.1, 0.15) is 36.2 Å². The second-order valence-electron chi connectivity index (χ2n) is 4.73. The van der Waals surface area contributed by atoms with E-state index in [-0.39, 0.29) is 11.9 Å². The van der Waals surface area contributed by atoms with Crippen molar-refractivity contribution in [2.45, 2.75) is 37.0 Å². The Morgan fingerprint density at radius 2 is 2.26 bits per heavy atom. The summed E-state index contributed by atoms with van der Waals surface area (Å²) in [6, 6.07) is 0.263. The Labute approximate surface area is 118 Å². The van der Waals surface area contributed by atoms with Gasteiger partial charge in [0.15, 0.2) is 0 Å². The molecular formula is C13H20N4OS. The molecule has 2 unspecified atom stereocenters. The van der Waals surface area contributed by atoms with Crippen molar-refractivity contribution in [3.05, 3.63) is 18.1 Å². The predicted molar refractivity (Wildman–Crippen MR) is 78.6 cm³/mol. The molecular weight excluding hydrogens is 260 g/mol. The standard InChI is InChI=1S/C13H20N4OS/c1-14-12-8-15-7-11(17-12)13(18)16-9-4-3-5-10(6-9)19-2/h7-10H,3-6H2,1-2H3,(H,14,17)(H,16,18). The highest BCUT2D eigenvalue weighted by atomic mass is 32.2. The summed E-state index contributed by atoms with van der Waals surface area (Å²) in [5.74, 6) is 0.481. The first-order valence-electron chi connectivity index (χ1n) is 6.56. The topological polar surface area (TPSA) is 66.9 Å². The van der Waals surface area contributed by atoms with Crippen molar-refractivity contribution in [3.63, 3.8) is 0 Å². The number of rotatable bonds is 4. The monoisotopic (exact) mass is 280 g/mol. The molecule has 2 rings (SSSR count). The van der Waals surface area contributed by atoms with E-state index >= 15 is 0 Å². The van der Waals surface area contributed by atoms with Crippen molar-refractivity contribution >= 4 is 23.5 Å². The summed E-state index contributed by atoms with van der Waals surface area (Å²) >= 11 is 1.89. The van der Waals surface area contributed by atoms with Crippen LogP contribution in [0.5, 0.6) is 0 Å². The molecule has 0 aliphatic heterocycles. The fourth-order valence-electron chi connectivity index (χ4n) is 2.35. The van der Waals surface area contributed by atoms with Crippen LogP contribution < -0.4 is 10.6 Å². The molecule has 2 N–H and O–H groups in total. The summed E-state index contributed by atoms with van der Waals surface area (Å²) in [6.45, 7) is 0. The van der Waals surface area contributed by atoms with Crippen LogP contribution in [0, 0.1) is 0 Å². The van der Waals surface area contributed by atoms with Gasteiger partial charge in [-0.2, -0.15) is 11.8 Å². The smallest absolute Gasteiger partial charge is 0.271 e. The predicted octanol–water partition coefficient (Wildman–Crippen LogP) is 1.92. The summed E-state index contributed by atoms with van der Waals surface area (Å²) in [7, 11) is 1.76. The fourth-order valence-corrected chi connectivity index (χ4v) is 3.17. The first kappa shape index (κ1) is 14.1. The minimum absolute atomic E-state index is 0.128. The van der Waals surface area contributed by atoms with Crippen LogP contribution in [0.4, 0.5) is 5.82 Å². The summed E-state index contributed by atoms with van der Waals surface area (Å²) in [6.07, 6.45) is 9.78. The normalized spacial score (nSPS) is 22.8. The molecule has 19 heavy (non-hydrogen) atoms. The van der Waals surface area contributed by atoms with Gasteiger partial charge in [0.1, 0.15) is 11.5 Å². The van der Waals surface area contributed by atoms with Gasteiger partial charge < -0.3 is 10.6 Å². The van der Waals surface area contributed by atoms with Crippen LogP contribution in [-0.2, 0) is 0 Å². The highest BCUT2D eigenvalue weighted by molar-refractivity contribution is 7.99. The van der Waals surface area contributed by atoms with E-state index in [1.54, 1.807) is 13.2 Å². The zero-order valence-electron chi connectivity index (χ0n) is 11.3. The molecule has 0 saturated heterocycles. The molecule has 104 valence electrons. The van der Waals surface area contributed by atoms with Gasteiger partial charge in [-0.1, -0.05) is 6.42 Å². The quantitative estimate of drug-likeness (QED) is 0.882. The van der Waals surface area contributed by atoms with Crippen molar-refractivity contribution in [2.75, 3.05) is 18.6 Å². The molecule has 2 atom stereocenters. The van der Waals surface area contributed by atoms with Crippen LogP contribution in [0.25, 0.3) is 0 Å². The maximum atomic E-state index is 12.1. The van der Waals surface area contributed by atoms with Gasteiger partial charge in [0.05, 0.1) is 12.4 Å². The van der Waals surface area contributed by atoms with Crippen molar-refractivity contribution < 1.29 is 4.79 Å². The molecule has 1 aliphatic carbocycles. The molecule has 0 bridgehead atoms. The van der Waals surface area contributed by atoms with Gasteiger partial charge in [-0.25, -0.2) is 4.98 Å². The van der Waals surface area contributed by atoms with Crippen molar-refractivity contribution in [1.29, 1.82) is 0 Å². The Kier molecular flexibility index (Phi) is 5.01. The van der Waals surface area contributed by atoms with Gasteiger partial charge in [-0.15, -0.1) is 0 Å². The fraction of sp³-hybridized carbons (Fsp3) is 0.615. The number of nitrogens with one attached hydrogen (secondary N) is 2. The van der Waals surface area contributed by atoms with Gasteiger partial charge in [0, 0.05) is 18.3 Å². The lowest BCUT2D eigenvalue weighted by atomic mass is 9.95. The number of nitrogens with zero attached hydrogens (tertiary/aromatic N) is 2. The van der Waals surface area contributed by atoms with E-state index < -0.39 is 0 Å². The van der Waals surface area contributed by atoms with Crippen LogP contribution in [-0.4, -0.2) is 40.5 Å². The summed E-state index contributed by atoms with van der Waals surface area (Å²) in [5.41, 5.74) is 0.373. The van der Waals surface area contributed by atoms with Crippen LogP contribution in [0.3, 0.4) is 0 Å². The third-order valence-corrected chi connectivity index (χ3v) is 4.51. The lowest BCUT2D eigenvalue weighted by molar-refractivity contribution is 0.0923. The minimum Gasteiger partial charge on any atom is -0.372 e. The van der Waals surface area contributed by atoms with Crippen molar-refractivity contribution in [3.8, 4) is 0 Å². The van der Waals surface area contributed by atoms with E-state index in [1.807, 2.05) is 11.8 Å². The van der Waals surface area contributed by atoms with Crippen LogP contribution in [0.2, 0.25) is 0 Å². The highest BCUT2D eigenvalue weighted by Gasteiger charge is 2.23. The zero-order chi connectivity index (χ0) is 13.7. The molecule has 1 heterocycles. The second kappa shape index (κ2) is 6.75. The average Bonchev–Trinajstić information content (AvgIpc) is 2.47. The SMILES string of the molecule is CNc1cncc(C(=O)NC2CCCC(SC)C2)n1. The van der Waals surface area contributed by atoms with Gasteiger partial charge in [-0.3, -0.25) is 9.78 Å². The number of aromatic nitrogens is 2. The molecule has 0 radical (unpaired) electrons. The molecule has 6 heteroatoms. The zero-order valence-corrected chi connectivity index (χ0v) is 12.2. The number of carbonyl (C=O) groups excluding carboxylic acids is 1. The van der Waals surface area contributed by atoms with Crippen LogP contribution in [0.15, 0.2) is 12.4 Å². The lowest BCUT2D eigenvalue weighted by Crippen LogP contribution is -2.39. The Bertz CT molecular complexity index is 440. The maximum absolute atomic E-state index is 12.1. The summed E-state index contributed by atoms with van der Waals surface area (Å²) in [5, 5.41) is 6.61. The van der Waals surface area contributed by atoms with E-state index in [0.717, 1.165) is 12.8 Å². The second-order valence-corrected chi connectivity index (χ2v) is 5.87. The molecule has 1 fully saturated rings. The molecule has 1 aromatic heterocycles. The Hall–Kier alpha value is -1.30. The molecule has 1 amide bonds. The number of thioether (sulfide) groups is 1. The molecule has 5 nitrogen and oxygen atoms in total. The van der Waals surface area contributed by atoms with Gasteiger partial charge in [-0.05, 0) is 25.5 Å². The first-order chi connectivity index (χ1) is 9.22. The van der Waals surface area contributed by atoms with Crippen molar-refractivity contribution in [1.82, 2.24) is 15.3 Å². The van der Waals surface area contributed by atoms with Gasteiger partial charge in [0.2, 0.25) is 0 Å². The van der Waals surface area contributed by atoms with E-state index in [0.29, 0.717) is 16.8 Å². The maximum Gasteiger partial charge on any atom is 0.271 e. The number of carbonyl (C=O) groups is 1. The summed E-state index contributed by atoms with van der Waals surface area (Å²) < 4.78 is 0. The van der Waals surface area contributed by atoms with E-state index in [4.69, 9.17) is 0 Å². The molecule has 1 saturated carbocycles. The van der Waals surface area contributed by atoms with Gasteiger partial charge >= 0.3 is 0 Å². The molecule has 0 spiro atoms. The van der Waals surface area contributed by atoms with Crippen LogP contribution >= 0.6 is 11.8 Å². The number of hydrogen-bond donors (Lipinski definition) is 2. The number of anilines is 1. The van der Waals surface area contributed by atoms with Crippen molar-refractivity contribution in [2.24, 2.45) is 0 Å². The largest absolute Gasteiger partial charge is 0.372 e. The molecule has 1 aromatic rings. The first-order valence-corrected chi connectivity index (χ1v) is 7.85. The van der Waals surface area contributed by atoms with E-state index in [9.17, 15) is 4.79 Å². The Morgan fingerprint density at radius 1 is 1.42 bits per heavy atom. The average molecular weight is 280 g/mol. The Morgan fingerprint density at radius 3 is 3.00 bits per heavy atom. The number of hydrogen-bond acceptors (Lipinski definition) is 5. The third kappa shape index (κ3) is 3.83. The lowest BCUT2D eigenvalue weighted by Gasteiger charge is -2.28. The summed E-state index contributed by atoms with van der Waals surface area (Å²) in [4.78, 5) is 20.3.